The van der Waals surface area contributed by atoms with Gasteiger partial charge in [-0.25, -0.2) is 8.42 Å². The van der Waals surface area contributed by atoms with Gasteiger partial charge in [-0.15, -0.1) is 0 Å². The number of hydrogen-bond donors (Lipinski definition) is 2. The van der Waals surface area contributed by atoms with Gasteiger partial charge in [0.15, 0.2) is 0 Å². The molecule has 0 saturated carbocycles. The summed E-state index contributed by atoms with van der Waals surface area (Å²) in [7, 11) is -2.71. The monoisotopic (exact) mass is 512 g/mol. The van der Waals surface area contributed by atoms with E-state index in [0.717, 1.165) is 6.07 Å². The van der Waals surface area contributed by atoms with Gasteiger partial charge in [0.25, 0.3) is 0 Å². The van der Waals surface area contributed by atoms with Gasteiger partial charge in [-0.3, -0.25) is 4.79 Å². The Labute approximate surface area is 199 Å². The Hall–Kier alpha value is -3.08. The van der Waals surface area contributed by atoms with E-state index in [-0.39, 0.29) is 17.0 Å². The second kappa shape index (κ2) is 10.5. The van der Waals surface area contributed by atoms with Gasteiger partial charge in [0.05, 0.1) is 22.6 Å². The summed E-state index contributed by atoms with van der Waals surface area (Å²) in [5.74, 6) is -0.392. The highest BCUT2D eigenvalue weighted by molar-refractivity contribution is 7.89. The molecule has 0 aliphatic heterocycles. The van der Waals surface area contributed by atoms with Crippen molar-refractivity contribution in [1.29, 1.82) is 0 Å². The molecule has 0 bridgehead atoms. The van der Waals surface area contributed by atoms with Crippen LogP contribution < -0.4 is 14.8 Å². The van der Waals surface area contributed by atoms with E-state index in [1.165, 1.54) is 37.4 Å². The number of hydrogen-bond acceptors (Lipinski definition) is 4. The summed E-state index contributed by atoms with van der Waals surface area (Å²) in [6.45, 7) is 0. The Morgan fingerprint density at radius 1 is 1.03 bits per heavy atom. The molecule has 6 nitrogen and oxygen atoms in total. The number of anilines is 1. The first-order valence-corrected chi connectivity index (χ1v) is 11.7. The van der Waals surface area contributed by atoms with Crippen LogP contribution >= 0.6 is 11.6 Å². The molecule has 2 N–H and O–H groups in total. The molecular weight excluding hydrogens is 493 g/mol. The lowest BCUT2D eigenvalue weighted by atomic mass is 10.1. The molecule has 0 saturated heterocycles. The molecule has 1 unspecified atom stereocenters. The van der Waals surface area contributed by atoms with Crippen molar-refractivity contribution in [2.75, 3.05) is 12.4 Å². The van der Waals surface area contributed by atoms with Crippen LogP contribution in [0.5, 0.6) is 5.75 Å². The first kappa shape index (κ1) is 25.5. The molecule has 34 heavy (non-hydrogen) atoms. The van der Waals surface area contributed by atoms with Crippen molar-refractivity contribution in [3.63, 3.8) is 0 Å². The largest absolute Gasteiger partial charge is 0.497 e. The van der Waals surface area contributed by atoms with Crippen molar-refractivity contribution >= 4 is 33.2 Å². The summed E-state index contributed by atoms with van der Waals surface area (Å²) in [5.41, 5.74) is -0.652. The summed E-state index contributed by atoms with van der Waals surface area (Å²) in [6.07, 6.45) is -4.76. The zero-order valence-electron chi connectivity index (χ0n) is 17.8. The molecule has 3 aromatic rings. The van der Waals surface area contributed by atoms with E-state index >= 15 is 0 Å². The number of alkyl halides is 3. The van der Waals surface area contributed by atoms with Gasteiger partial charge < -0.3 is 10.1 Å². The van der Waals surface area contributed by atoms with Crippen LogP contribution in [-0.2, 0) is 27.4 Å². The SMILES string of the molecule is COc1ccc(S(=O)(=O)NC(Cc2ccccc2)C(=O)Nc2ccc(Cl)c(C(F)(F)F)c2)cc1. The second-order valence-electron chi connectivity index (χ2n) is 7.22. The van der Waals surface area contributed by atoms with Gasteiger partial charge >= 0.3 is 6.18 Å². The van der Waals surface area contributed by atoms with Crippen molar-refractivity contribution in [3.8, 4) is 5.75 Å². The lowest BCUT2D eigenvalue weighted by Crippen LogP contribution is -2.45. The third kappa shape index (κ3) is 6.49. The topological polar surface area (TPSA) is 84.5 Å². The van der Waals surface area contributed by atoms with Gasteiger partial charge in [-0.05, 0) is 54.4 Å². The second-order valence-corrected chi connectivity index (χ2v) is 9.34. The highest BCUT2D eigenvalue weighted by Crippen LogP contribution is 2.36. The van der Waals surface area contributed by atoms with Crippen molar-refractivity contribution in [2.24, 2.45) is 0 Å². The number of carbonyl (C=O) groups excluding carboxylic acids is 1. The fourth-order valence-electron chi connectivity index (χ4n) is 3.10. The fraction of sp³-hybridized carbons (Fsp3) is 0.174. The maximum atomic E-state index is 13.2. The van der Waals surface area contributed by atoms with Crippen LogP contribution in [0.2, 0.25) is 5.02 Å². The minimum atomic E-state index is -4.72. The van der Waals surface area contributed by atoms with Crippen LogP contribution in [0.4, 0.5) is 18.9 Å². The fourth-order valence-corrected chi connectivity index (χ4v) is 4.52. The molecular formula is C23H20ClF3N2O4S. The highest BCUT2D eigenvalue weighted by Gasteiger charge is 2.34. The molecule has 1 amide bonds. The molecule has 1 atom stereocenters. The van der Waals surface area contributed by atoms with E-state index in [9.17, 15) is 26.4 Å². The average Bonchev–Trinajstić information content (AvgIpc) is 2.79. The number of nitrogens with one attached hydrogen (secondary N) is 2. The van der Waals surface area contributed by atoms with Gasteiger partial charge in [-0.1, -0.05) is 41.9 Å². The number of halogens is 4. The van der Waals surface area contributed by atoms with Crippen molar-refractivity contribution in [2.45, 2.75) is 23.5 Å². The Morgan fingerprint density at radius 2 is 1.68 bits per heavy atom. The van der Waals surface area contributed by atoms with Crippen molar-refractivity contribution in [3.05, 3.63) is 88.9 Å². The summed E-state index contributed by atoms with van der Waals surface area (Å²) >= 11 is 5.63. The molecule has 0 heterocycles. The molecule has 180 valence electrons. The minimum Gasteiger partial charge on any atom is -0.497 e. The van der Waals surface area contributed by atoms with E-state index in [2.05, 4.69) is 10.0 Å². The van der Waals surface area contributed by atoms with Crippen LogP contribution in [-0.4, -0.2) is 27.5 Å². The lowest BCUT2D eigenvalue weighted by Gasteiger charge is -2.19. The van der Waals surface area contributed by atoms with Gasteiger partial charge in [-0.2, -0.15) is 17.9 Å². The Kier molecular flexibility index (Phi) is 7.86. The average molecular weight is 513 g/mol. The van der Waals surface area contributed by atoms with Crippen molar-refractivity contribution < 1.29 is 31.1 Å². The summed E-state index contributed by atoms with van der Waals surface area (Å²) < 4.78 is 72.7. The highest BCUT2D eigenvalue weighted by atomic mass is 35.5. The third-order valence-electron chi connectivity index (χ3n) is 4.81. The smallest absolute Gasteiger partial charge is 0.417 e. The predicted molar refractivity (Wildman–Crippen MR) is 122 cm³/mol. The molecule has 11 heteroatoms. The van der Waals surface area contributed by atoms with Crippen LogP contribution in [0.1, 0.15) is 11.1 Å². The Balaban J connectivity index is 1.89. The Bertz CT molecular complexity index is 1250. The lowest BCUT2D eigenvalue weighted by molar-refractivity contribution is -0.137. The van der Waals surface area contributed by atoms with Gasteiger partial charge in [0, 0.05) is 5.69 Å². The first-order valence-electron chi connectivity index (χ1n) is 9.87. The number of rotatable bonds is 8. The summed E-state index contributed by atoms with van der Waals surface area (Å²) in [4.78, 5) is 12.9. The van der Waals surface area contributed by atoms with E-state index < -0.39 is 38.7 Å². The molecule has 0 fully saturated rings. The van der Waals surface area contributed by atoms with E-state index in [1.54, 1.807) is 30.3 Å². The zero-order chi connectivity index (χ0) is 24.9. The predicted octanol–water partition coefficient (Wildman–Crippen LogP) is 4.90. The molecule has 3 aromatic carbocycles. The van der Waals surface area contributed by atoms with Gasteiger partial charge in [0.2, 0.25) is 15.9 Å². The standard InChI is InChI=1S/C23H20ClF3N2O4S/c1-33-17-8-10-18(11-9-17)34(31,32)29-21(13-15-5-3-2-4-6-15)22(30)28-16-7-12-20(24)19(14-16)23(25,26)27/h2-12,14,21,29H,13H2,1H3,(H,28,30). The normalized spacial score (nSPS) is 12.7. The molecule has 0 aliphatic carbocycles. The molecule has 3 rings (SSSR count). The number of sulfonamides is 1. The molecule has 0 aliphatic rings. The van der Waals surface area contributed by atoms with Crippen LogP contribution in [0.3, 0.4) is 0 Å². The quantitative estimate of drug-likeness (QED) is 0.450. The third-order valence-corrected chi connectivity index (χ3v) is 6.62. The van der Waals surface area contributed by atoms with Crippen molar-refractivity contribution in [1.82, 2.24) is 4.72 Å². The first-order chi connectivity index (χ1) is 16.0. The van der Waals surface area contributed by atoms with Crippen LogP contribution in [0.15, 0.2) is 77.7 Å². The zero-order valence-corrected chi connectivity index (χ0v) is 19.3. The maximum Gasteiger partial charge on any atom is 0.417 e. The van der Waals surface area contributed by atoms with E-state index in [4.69, 9.17) is 16.3 Å². The molecule has 0 aromatic heterocycles. The van der Waals surface area contributed by atoms with Crippen LogP contribution in [0, 0.1) is 0 Å². The number of methoxy groups -OCH3 is 1. The number of amides is 1. The summed E-state index contributed by atoms with van der Waals surface area (Å²) in [5, 5.41) is 1.83. The molecule has 0 spiro atoms. The minimum absolute atomic E-state index is 0.0399. The summed E-state index contributed by atoms with van der Waals surface area (Å²) in [6, 6.07) is 15.7. The Morgan fingerprint density at radius 3 is 2.26 bits per heavy atom. The van der Waals surface area contributed by atoms with E-state index in [1.807, 2.05) is 0 Å². The molecule has 0 radical (unpaired) electrons. The van der Waals surface area contributed by atoms with Gasteiger partial charge in [0.1, 0.15) is 11.8 Å². The maximum absolute atomic E-state index is 13.2. The van der Waals surface area contributed by atoms with E-state index in [0.29, 0.717) is 17.4 Å². The number of ether oxygens (including phenoxy) is 1. The van der Waals surface area contributed by atoms with Crippen LogP contribution in [0.25, 0.3) is 0 Å². The number of benzene rings is 3. The number of carbonyl (C=O) groups is 1.